The second kappa shape index (κ2) is 12.0. The maximum Gasteiger partial charge on any atom is 0.0715 e. The Balaban J connectivity index is 1.21. The fourth-order valence-electron chi connectivity index (χ4n) is 7.69. The zero-order valence-corrected chi connectivity index (χ0v) is 27.0. The highest BCUT2D eigenvalue weighted by Gasteiger charge is 2.45. The highest BCUT2D eigenvalue weighted by molar-refractivity contribution is 5.87. The van der Waals surface area contributed by atoms with Crippen molar-refractivity contribution >= 4 is 0 Å². The van der Waals surface area contributed by atoms with E-state index in [0.717, 1.165) is 33.6 Å². The van der Waals surface area contributed by atoms with Gasteiger partial charge in [0, 0.05) is 11.1 Å². The number of fused-ring (bicyclic) bond motifs is 3. The molecule has 0 saturated carbocycles. The van der Waals surface area contributed by atoms with Crippen LogP contribution in [0.4, 0.5) is 0 Å². The summed E-state index contributed by atoms with van der Waals surface area (Å²) in [5.41, 5.74) is 16.2. The van der Waals surface area contributed by atoms with Gasteiger partial charge in [-0.25, -0.2) is 4.98 Å². The van der Waals surface area contributed by atoms with Crippen LogP contribution in [0, 0.1) is 0 Å². The third-order valence-corrected chi connectivity index (χ3v) is 9.99. The average Bonchev–Trinajstić information content (AvgIpc) is 3.50. The molecule has 1 aliphatic carbocycles. The molecule has 1 aromatic heterocycles. The Morgan fingerprint density at radius 3 is 1.08 bits per heavy atom. The molecule has 9 rings (SSSR count). The molecular weight excluding hydrogens is 591 g/mol. The van der Waals surface area contributed by atoms with Crippen molar-refractivity contribution in [1.29, 1.82) is 0 Å². The first-order valence-electron chi connectivity index (χ1n) is 16.9. The molecule has 0 amide bonds. The molecule has 8 aromatic rings. The smallest absolute Gasteiger partial charge is 0.0715 e. The molecule has 0 unspecified atom stereocenters. The molecule has 0 bridgehead atoms. The number of rotatable bonds is 6. The highest BCUT2D eigenvalue weighted by atomic mass is 14.7. The first kappa shape index (κ1) is 28.9. The van der Waals surface area contributed by atoms with E-state index in [1.54, 1.807) is 0 Å². The zero-order chi connectivity index (χ0) is 32.6. The standard InChI is InChI=1S/C48H33N/c1-4-14-34(15-5-1)35-24-28-40(29-25-35)48(44-22-12-10-20-42(44)43-21-11-13-23-45(43)48)41-30-26-36(27-31-41)39-32-46(37-16-6-2-7-17-37)49-47(33-39)38-18-8-3-9-19-38/h1-33H. The second-order valence-corrected chi connectivity index (χ2v) is 12.7. The van der Waals surface area contributed by atoms with Gasteiger partial charge in [0.25, 0.3) is 0 Å². The van der Waals surface area contributed by atoms with E-state index in [0.29, 0.717) is 0 Å². The Morgan fingerprint density at radius 1 is 0.286 bits per heavy atom. The van der Waals surface area contributed by atoms with E-state index in [-0.39, 0.29) is 0 Å². The molecule has 0 fully saturated rings. The predicted octanol–water partition coefficient (Wildman–Crippen LogP) is 12.1. The SMILES string of the molecule is c1ccc(-c2ccc(C3(c4ccc(-c5cc(-c6ccccc6)nc(-c6ccccc6)c5)cc4)c4ccccc4-c4ccccc43)cc2)cc1. The monoisotopic (exact) mass is 623 g/mol. The van der Waals surface area contributed by atoms with Crippen molar-refractivity contribution in [3.8, 4) is 55.9 Å². The number of benzene rings is 7. The highest BCUT2D eigenvalue weighted by Crippen LogP contribution is 2.56. The molecule has 7 aromatic carbocycles. The molecule has 1 nitrogen and oxygen atoms in total. The largest absolute Gasteiger partial charge is 0.248 e. The number of nitrogens with zero attached hydrogens (tertiary/aromatic N) is 1. The van der Waals surface area contributed by atoms with Gasteiger partial charge < -0.3 is 0 Å². The first-order valence-corrected chi connectivity index (χ1v) is 16.9. The molecule has 49 heavy (non-hydrogen) atoms. The third-order valence-electron chi connectivity index (χ3n) is 9.99. The van der Waals surface area contributed by atoms with E-state index in [1.807, 2.05) is 0 Å². The Morgan fingerprint density at radius 2 is 0.633 bits per heavy atom. The molecule has 0 spiro atoms. The van der Waals surface area contributed by atoms with Crippen LogP contribution in [0.25, 0.3) is 55.9 Å². The van der Waals surface area contributed by atoms with Crippen LogP contribution in [0.1, 0.15) is 22.3 Å². The van der Waals surface area contributed by atoms with Gasteiger partial charge in [0.1, 0.15) is 0 Å². The van der Waals surface area contributed by atoms with Crippen molar-refractivity contribution in [3.05, 3.63) is 222 Å². The van der Waals surface area contributed by atoms with E-state index in [2.05, 4.69) is 200 Å². The summed E-state index contributed by atoms with van der Waals surface area (Å²) in [5, 5.41) is 0. The summed E-state index contributed by atoms with van der Waals surface area (Å²) in [6, 6.07) is 72.3. The lowest BCUT2D eigenvalue weighted by atomic mass is 9.67. The van der Waals surface area contributed by atoms with Gasteiger partial charge in [0.05, 0.1) is 16.8 Å². The van der Waals surface area contributed by atoms with Crippen LogP contribution in [-0.4, -0.2) is 4.98 Å². The predicted molar refractivity (Wildman–Crippen MR) is 203 cm³/mol. The van der Waals surface area contributed by atoms with Crippen molar-refractivity contribution in [2.24, 2.45) is 0 Å². The minimum atomic E-state index is -0.455. The quantitative estimate of drug-likeness (QED) is 0.180. The lowest BCUT2D eigenvalue weighted by molar-refractivity contribution is 0.769. The van der Waals surface area contributed by atoms with Gasteiger partial charge in [-0.1, -0.05) is 188 Å². The molecule has 0 aliphatic heterocycles. The minimum absolute atomic E-state index is 0.455. The maximum absolute atomic E-state index is 5.11. The minimum Gasteiger partial charge on any atom is -0.248 e. The fraction of sp³-hybridized carbons (Fsp3) is 0.0208. The fourth-order valence-corrected chi connectivity index (χ4v) is 7.69. The molecular formula is C48H33N. The molecule has 230 valence electrons. The molecule has 0 saturated heterocycles. The lowest BCUT2D eigenvalue weighted by Gasteiger charge is -2.34. The summed E-state index contributed by atoms with van der Waals surface area (Å²) in [6.45, 7) is 0. The van der Waals surface area contributed by atoms with Crippen LogP contribution in [0.5, 0.6) is 0 Å². The van der Waals surface area contributed by atoms with Crippen LogP contribution >= 0.6 is 0 Å². The van der Waals surface area contributed by atoms with Gasteiger partial charge >= 0.3 is 0 Å². The summed E-state index contributed by atoms with van der Waals surface area (Å²) in [7, 11) is 0. The van der Waals surface area contributed by atoms with Crippen LogP contribution in [0.15, 0.2) is 200 Å². The van der Waals surface area contributed by atoms with E-state index >= 15 is 0 Å². The van der Waals surface area contributed by atoms with E-state index in [9.17, 15) is 0 Å². The summed E-state index contributed by atoms with van der Waals surface area (Å²) in [5.74, 6) is 0. The normalized spacial score (nSPS) is 12.7. The van der Waals surface area contributed by atoms with Crippen molar-refractivity contribution in [1.82, 2.24) is 4.98 Å². The van der Waals surface area contributed by atoms with Crippen molar-refractivity contribution in [2.45, 2.75) is 5.41 Å². The van der Waals surface area contributed by atoms with Gasteiger partial charge in [0.15, 0.2) is 0 Å². The molecule has 0 N–H and O–H groups in total. The molecule has 0 radical (unpaired) electrons. The topological polar surface area (TPSA) is 12.9 Å². The van der Waals surface area contributed by atoms with Crippen LogP contribution in [-0.2, 0) is 5.41 Å². The Labute approximate surface area is 287 Å². The Kier molecular flexibility index (Phi) is 7.10. The van der Waals surface area contributed by atoms with Crippen LogP contribution in [0.3, 0.4) is 0 Å². The molecule has 1 aliphatic rings. The van der Waals surface area contributed by atoms with Gasteiger partial charge in [-0.15, -0.1) is 0 Å². The van der Waals surface area contributed by atoms with Crippen LogP contribution < -0.4 is 0 Å². The average molecular weight is 624 g/mol. The summed E-state index contributed by atoms with van der Waals surface area (Å²) < 4.78 is 0. The third kappa shape index (κ3) is 4.91. The van der Waals surface area contributed by atoms with Crippen molar-refractivity contribution in [2.75, 3.05) is 0 Å². The van der Waals surface area contributed by atoms with E-state index in [4.69, 9.17) is 4.98 Å². The van der Waals surface area contributed by atoms with E-state index in [1.165, 1.54) is 44.5 Å². The number of pyridine rings is 1. The summed E-state index contributed by atoms with van der Waals surface area (Å²) >= 11 is 0. The second-order valence-electron chi connectivity index (χ2n) is 12.7. The van der Waals surface area contributed by atoms with E-state index < -0.39 is 5.41 Å². The van der Waals surface area contributed by atoms with Crippen molar-refractivity contribution < 1.29 is 0 Å². The van der Waals surface area contributed by atoms with Gasteiger partial charge in [-0.05, 0) is 67.8 Å². The zero-order valence-electron chi connectivity index (χ0n) is 27.0. The summed E-state index contributed by atoms with van der Waals surface area (Å²) in [6.07, 6.45) is 0. The Hall–Kier alpha value is -6.31. The van der Waals surface area contributed by atoms with Gasteiger partial charge in [-0.2, -0.15) is 0 Å². The summed E-state index contributed by atoms with van der Waals surface area (Å²) in [4.78, 5) is 5.11. The number of hydrogen-bond acceptors (Lipinski definition) is 1. The maximum atomic E-state index is 5.11. The Bertz CT molecular complexity index is 2290. The molecule has 0 atom stereocenters. The molecule has 1 heteroatoms. The number of hydrogen-bond donors (Lipinski definition) is 0. The first-order chi connectivity index (χ1) is 24.3. The van der Waals surface area contributed by atoms with Crippen molar-refractivity contribution in [3.63, 3.8) is 0 Å². The van der Waals surface area contributed by atoms with Gasteiger partial charge in [-0.3, -0.25) is 0 Å². The van der Waals surface area contributed by atoms with Gasteiger partial charge in [0.2, 0.25) is 0 Å². The van der Waals surface area contributed by atoms with Crippen LogP contribution in [0.2, 0.25) is 0 Å². The lowest BCUT2D eigenvalue weighted by Crippen LogP contribution is -2.28. The number of aromatic nitrogens is 1. The molecule has 1 heterocycles.